The number of hydrogen-bond donors (Lipinski definition) is 0. The summed E-state index contributed by atoms with van der Waals surface area (Å²) in [5, 5.41) is 13.4. The van der Waals surface area contributed by atoms with Gasteiger partial charge in [-0.05, 0) is 35.1 Å². The van der Waals surface area contributed by atoms with Gasteiger partial charge in [0, 0.05) is 5.97 Å². The number of hydrogen-bond acceptors (Lipinski definition) is 2. The lowest BCUT2D eigenvalue weighted by molar-refractivity contribution is -0.306. The van der Waals surface area contributed by atoms with Crippen molar-refractivity contribution in [3.8, 4) is 0 Å². The van der Waals surface area contributed by atoms with Crippen LogP contribution in [0.25, 0.3) is 10.8 Å². The van der Waals surface area contributed by atoms with Crippen molar-refractivity contribution >= 4 is 16.7 Å². The van der Waals surface area contributed by atoms with Crippen LogP contribution in [0.4, 0.5) is 0 Å². The van der Waals surface area contributed by atoms with E-state index in [1.165, 1.54) is 5.39 Å². The normalized spacial score (nSPS) is 12.4. The Kier molecular flexibility index (Phi) is 5.16. The summed E-state index contributed by atoms with van der Waals surface area (Å²) in [5.74, 6) is -0.905. The molecule has 0 radical (unpaired) electrons. The van der Waals surface area contributed by atoms with Crippen LogP contribution in [0.1, 0.15) is 50.5 Å². The van der Waals surface area contributed by atoms with Crippen molar-refractivity contribution in [2.24, 2.45) is 0 Å². The largest absolute Gasteiger partial charge is 0.550 e. The SMILES string of the molecule is CCCCCC(CC(=O)[O-])c1cccc2ccccc12. The number of carboxylic acids is 1. The second-order valence-corrected chi connectivity index (χ2v) is 5.34. The molecule has 2 heteroatoms. The molecule has 106 valence electrons. The van der Waals surface area contributed by atoms with E-state index in [9.17, 15) is 9.90 Å². The van der Waals surface area contributed by atoms with Crippen molar-refractivity contribution in [3.05, 3.63) is 48.0 Å². The third kappa shape index (κ3) is 3.60. The van der Waals surface area contributed by atoms with E-state index in [0.29, 0.717) is 0 Å². The monoisotopic (exact) mass is 269 g/mol. The quantitative estimate of drug-likeness (QED) is 0.720. The summed E-state index contributed by atoms with van der Waals surface area (Å²) in [6.45, 7) is 2.16. The first kappa shape index (κ1) is 14.6. The van der Waals surface area contributed by atoms with E-state index in [0.717, 1.165) is 36.6 Å². The smallest absolute Gasteiger partial charge is 0.0420 e. The standard InChI is InChI=1S/C18H22O2/c1-2-3-4-9-15(13-18(19)20)17-12-7-10-14-8-5-6-11-16(14)17/h5-8,10-12,15H,2-4,9,13H2,1H3,(H,19,20)/p-1. The molecule has 2 nitrogen and oxygen atoms in total. The average molecular weight is 269 g/mol. The lowest BCUT2D eigenvalue weighted by atomic mass is 9.87. The molecule has 0 N–H and O–H groups in total. The lowest BCUT2D eigenvalue weighted by Crippen LogP contribution is -2.24. The van der Waals surface area contributed by atoms with Crippen molar-refractivity contribution < 1.29 is 9.90 Å². The number of rotatable bonds is 7. The summed E-state index contributed by atoms with van der Waals surface area (Å²) in [5.41, 5.74) is 1.14. The zero-order valence-electron chi connectivity index (χ0n) is 12.0. The van der Waals surface area contributed by atoms with E-state index < -0.39 is 5.97 Å². The minimum Gasteiger partial charge on any atom is -0.550 e. The molecule has 0 fully saturated rings. The molecule has 0 bridgehead atoms. The van der Waals surface area contributed by atoms with Gasteiger partial charge in [-0.15, -0.1) is 0 Å². The van der Waals surface area contributed by atoms with Gasteiger partial charge in [0.25, 0.3) is 0 Å². The number of benzene rings is 2. The van der Waals surface area contributed by atoms with Gasteiger partial charge >= 0.3 is 0 Å². The molecule has 2 aromatic rings. The van der Waals surface area contributed by atoms with E-state index in [4.69, 9.17) is 0 Å². The molecule has 0 aromatic heterocycles. The van der Waals surface area contributed by atoms with Crippen molar-refractivity contribution in [2.75, 3.05) is 0 Å². The van der Waals surface area contributed by atoms with Crippen LogP contribution in [0.5, 0.6) is 0 Å². The fourth-order valence-electron chi connectivity index (χ4n) is 2.82. The first-order valence-corrected chi connectivity index (χ1v) is 7.40. The first-order valence-electron chi connectivity index (χ1n) is 7.40. The van der Waals surface area contributed by atoms with Crippen molar-refractivity contribution in [1.82, 2.24) is 0 Å². The van der Waals surface area contributed by atoms with Gasteiger partial charge in [0.2, 0.25) is 0 Å². The van der Waals surface area contributed by atoms with Gasteiger partial charge in [0.05, 0.1) is 0 Å². The molecule has 0 saturated heterocycles. The van der Waals surface area contributed by atoms with E-state index in [1.54, 1.807) is 0 Å². The van der Waals surface area contributed by atoms with Gasteiger partial charge in [0.15, 0.2) is 0 Å². The maximum absolute atomic E-state index is 11.0. The molecule has 1 atom stereocenters. The highest BCUT2D eigenvalue weighted by Gasteiger charge is 2.14. The summed E-state index contributed by atoms with van der Waals surface area (Å²) >= 11 is 0. The topological polar surface area (TPSA) is 40.1 Å². The molecule has 0 aliphatic heterocycles. The summed E-state index contributed by atoms with van der Waals surface area (Å²) in [7, 11) is 0. The predicted molar refractivity (Wildman–Crippen MR) is 80.5 cm³/mol. The second-order valence-electron chi connectivity index (χ2n) is 5.34. The molecule has 0 amide bonds. The lowest BCUT2D eigenvalue weighted by Gasteiger charge is -2.20. The minimum absolute atomic E-state index is 0.0534. The summed E-state index contributed by atoms with van der Waals surface area (Å²) in [6.07, 6.45) is 4.38. The van der Waals surface area contributed by atoms with Crippen molar-refractivity contribution in [1.29, 1.82) is 0 Å². The van der Waals surface area contributed by atoms with Gasteiger partial charge in [-0.2, -0.15) is 0 Å². The van der Waals surface area contributed by atoms with Crippen molar-refractivity contribution in [3.63, 3.8) is 0 Å². The molecule has 0 heterocycles. The van der Waals surface area contributed by atoms with Crippen LogP contribution >= 0.6 is 0 Å². The Morgan fingerprint density at radius 1 is 1.10 bits per heavy atom. The Morgan fingerprint density at radius 3 is 2.60 bits per heavy atom. The molecule has 20 heavy (non-hydrogen) atoms. The number of carbonyl (C=O) groups is 1. The van der Waals surface area contributed by atoms with Gasteiger partial charge in [-0.3, -0.25) is 0 Å². The number of aliphatic carboxylic acids is 1. The van der Waals surface area contributed by atoms with Crippen LogP contribution in [-0.2, 0) is 4.79 Å². The van der Waals surface area contributed by atoms with Gasteiger partial charge in [-0.25, -0.2) is 0 Å². The Bertz CT molecular complexity index is 569. The molecular formula is C18H21O2-. The van der Waals surface area contributed by atoms with Crippen LogP contribution in [0.2, 0.25) is 0 Å². The van der Waals surface area contributed by atoms with Gasteiger partial charge in [-0.1, -0.05) is 68.7 Å². The van der Waals surface area contributed by atoms with Crippen LogP contribution in [0, 0.1) is 0 Å². The van der Waals surface area contributed by atoms with E-state index in [2.05, 4.69) is 31.2 Å². The molecule has 2 rings (SSSR count). The number of fused-ring (bicyclic) bond motifs is 1. The third-order valence-corrected chi connectivity index (χ3v) is 3.83. The fourth-order valence-corrected chi connectivity index (χ4v) is 2.82. The highest BCUT2D eigenvalue weighted by Crippen LogP contribution is 2.31. The summed E-state index contributed by atoms with van der Waals surface area (Å²) < 4.78 is 0. The Hall–Kier alpha value is -1.83. The first-order chi connectivity index (χ1) is 9.72. The zero-order chi connectivity index (χ0) is 14.4. The average Bonchev–Trinajstić information content (AvgIpc) is 2.45. The third-order valence-electron chi connectivity index (χ3n) is 3.83. The maximum atomic E-state index is 11.0. The van der Waals surface area contributed by atoms with Crippen LogP contribution in [-0.4, -0.2) is 5.97 Å². The van der Waals surface area contributed by atoms with Crippen LogP contribution < -0.4 is 5.11 Å². The Labute approximate surface area is 120 Å². The van der Waals surface area contributed by atoms with Gasteiger partial charge < -0.3 is 9.90 Å². The zero-order valence-corrected chi connectivity index (χ0v) is 12.0. The van der Waals surface area contributed by atoms with Crippen LogP contribution in [0.15, 0.2) is 42.5 Å². The Balaban J connectivity index is 2.31. The summed E-state index contributed by atoms with van der Waals surface area (Å²) in [6, 6.07) is 14.3. The molecule has 0 saturated carbocycles. The second kappa shape index (κ2) is 7.09. The van der Waals surface area contributed by atoms with E-state index >= 15 is 0 Å². The number of unbranched alkanes of at least 4 members (excludes halogenated alkanes) is 2. The maximum Gasteiger partial charge on any atom is 0.0420 e. The van der Waals surface area contributed by atoms with Crippen molar-refractivity contribution in [2.45, 2.75) is 44.9 Å². The molecular weight excluding hydrogens is 248 g/mol. The Morgan fingerprint density at radius 2 is 1.85 bits per heavy atom. The highest BCUT2D eigenvalue weighted by atomic mass is 16.4. The number of carbonyl (C=O) groups excluding carboxylic acids is 1. The highest BCUT2D eigenvalue weighted by molar-refractivity contribution is 5.86. The predicted octanol–water partition coefficient (Wildman–Crippen LogP) is 3.64. The van der Waals surface area contributed by atoms with Gasteiger partial charge in [0.1, 0.15) is 0 Å². The fraction of sp³-hybridized carbons (Fsp3) is 0.389. The van der Waals surface area contributed by atoms with E-state index in [-0.39, 0.29) is 12.3 Å². The molecule has 0 spiro atoms. The summed E-state index contributed by atoms with van der Waals surface area (Å²) in [4.78, 5) is 11.0. The molecule has 1 unspecified atom stereocenters. The molecule has 2 aromatic carbocycles. The minimum atomic E-state index is -0.959. The van der Waals surface area contributed by atoms with Crippen LogP contribution in [0.3, 0.4) is 0 Å². The number of carboxylic acid groups (broad SMARTS) is 1. The molecule has 0 aliphatic carbocycles. The molecule has 0 aliphatic rings. The van der Waals surface area contributed by atoms with E-state index in [1.807, 2.05) is 18.2 Å².